The van der Waals surface area contributed by atoms with Gasteiger partial charge in [0.05, 0.1) is 19.8 Å². The highest BCUT2D eigenvalue weighted by Crippen LogP contribution is 2.27. The molecule has 3 N–H and O–H groups in total. The van der Waals surface area contributed by atoms with Gasteiger partial charge in [0.15, 0.2) is 0 Å². The van der Waals surface area contributed by atoms with Gasteiger partial charge in [0.1, 0.15) is 23.9 Å². The van der Waals surface area contributed by atoms with E-state index < -0.39 is 30.0 Å². The molecule has 26 heavy (non-hydrogen) atoms. The lowest BCUT2D eigenvalue weighted by Crippen LogP contribution is -2.28. The van der Waals surface area contributed by atoms with Gasteiger partial charge in [-0.15, -0.1) is 0 Å². The number of hydrogen-bond donors (Lipinski definition) is 3. The van der Waals surface area contributed by atoms with Gasteiger partial charge >= 0.3 is 5.69 Å². The number of ether oxygens (including phenoxy) is 2. The number of methoxy groups -OCH3 is 1. The molecule has 3 rings (SSSR count). The molecule has 0 bridgehead atoms. The summed E-state index contributed by atoms with van der Waals surface area (Å²) >= 11 is 0. The Bertz CT molecular complexity index is 835. The quantitative estimate of drug-likeness (QED) is 0.692. The summed E-state index contributed by atoms with van der Waals surface area (Å²) in [6.45, 7) is -0.337. The van der Waals surface area contributed by atoms with Crippen LogP contribution in [-0.4, -0.2) is 51.6 Å². The number of carbonyl (C=O) groups excluding carboxylic acids is 1. The average Bonchev–Trinajstić information content (AvgIpc) is 3.02. The summed E-state index contributed by atoms with van der Waals surface area (Å²) in [6.07, 6.45) is -0.707. The summed E-state index contributed by atoms with van der Waals surface area (Å²) in [6, 6.07) is 7.96. The number of aromatic nitrogens is 2. The van der Waals surface area contributed by atoms with Crippen LogP contribution < -0.4 is 15.7 Å². The molecule has 2 aromatic rings. The topological polar surface area (TPSA) is 123 Å². The maximum atomic E-state index is 12.2. The molecular formula is C17H19N3O6. The summed E-state index contributed by atoms with van der Waals surface area (Å²) in [5.41, 5.74) is -0.238. The lowest BCUT2D eigenvalue weighted by atomic mass is 10.2. The Hall–Kier alpha value is -2.75. The van der Waals surface area contributed by atoms with Crippen molar-refractivity contribution < 1.29 is 24.5 Å². The number of aliphatic hydroxyl groups is 2. The summed E-state index contributed by atoms with van der Waals surface area (Å²) in [4.78, 5) is 28.2. The molecule has 0 aliphatic carbocycles. The Labute approximate surface area is 148 Å². The number of rotatable bonds is 5. The van der Waals surface area contributed by atoms with Crippen LogP contribution in [0.25, 0.3) is 0 Å². The first-order valence-corrected chi connectivity index (χ1v) is 8.01. The van der Waals surface area contributed by atoms with Crippen LogP contribution in [0.5, 0.6) is 5.75 Å². The van der Waals surface area contributed by atoms with Crippen LogP contribution in [0.15, 0.2) is 41.3 Å². The third-order valence-electron chi connectivity index (χ3n) is 4.12. The van der Waals surface area contributed by atoms with E-state index in [0.717, 1.165) is 0 Å². The van der Waals surface area contributed by atoms with E-state index in [2.05, 4.69) is 10.3 Å². The second-order valence-electron chi connectivity index (χ2n) is 5.80. The highest BCUT2D eigenvalue weighted by molar-refractivity contribution is 6.03. The summed E-state index contributed by atoms with van der Waals surface area (Å²) < 4.78 is 11.7. The number of benzene rings is 1. The van der Waals surface area contributed by atoms with Gasteiger partial charge in [-0.3, -0.25) is 9.36 Å². The monoisotopic (exact) mass is 361 g/mol. The summed E-state index contributed by atoms with van der Waals surface area (Å²) in [5, 5.41) is 21.4. The van der Waals surface area contributed by atoms with Gasteiger partial charge in [-0.1, -0.05) is 0 Å². The number of aliphatic hydroxyl groups excluding tert-OH is 2. The number of anilines is 1. The Morgan fingerprint density at radius 3 is 2.69 bits per heavy atom. The van der Waals surface area contributed by atoms with Gasteiger partial charge < -0.3 is 25.0 Å². The Balaban J connectivity index is 1.71. The van der Waals surface area contributed by atoms with E-state index in [9.17, 15) is 14.7 Å². The van der Waals surface area contributed by atoms with Gasteiger partial charge in [-0.2, -0.15) is 4.98 Å². The Morgan fingerprint density at radius 2 is 2.12 bits per heavy atom. The van der Waals surface area contributed by atoms with Gasteiger partial charge in [0.25, 0.3) is 5.91 Å². The van der Waals surface area contributed by atoms with Gasteiger partial charge in [-0.25, -0.2) is 4.79 Å². The number of carbonyl (C=O) groups is 1. The fraction of sp³-hybridized carbons (Fsp3) is 0.353. The van der Waals surface area contributed by atoms with Crippen molar-refractivity contribution in [3.63, 3.8) is 0 Å². The molecule has 2 heterocycles. The maximum absolute atomic E-state index is 12.2. The normalized spacial score (nSPS) is 22.2. The summed E-state index contributed by atoms with van der Waals surface area (Å²) in [5.74, 6) is 0.316. The van der Waals surface area contributed by atoms with Crippen LogP contribution in [0.3, 0.4) is 0 Å². The van der Waals surface area contributed by atoms with Crippen molar-refractivity contribution in [2.24, 2.45) is 0 Å². The van der Waals surface area contributed by atoms with Crippen molar-refractivity contribution in [3.05, 3.63) is 52.6 Å². The van der Waals surface area contributed by atoms with Crippen LogP contribution in [0.1, 0.15) is 23.0 Å². The van der Waals surface area contributed by atoms with Crippen molar-refractivity contribution in [3.8, 4) is 5.75 Å². The van der Waals surface area contributed by atoms with Gasteiger partial charge in [0.2, 0.25) is 0 Å². The number of hydrogen-bond acceptors (Lipinski definition) is 7. The van der Waals surface area contributed by atoms with Crippen LogP contribution in [-0.2, 0) is 4.74 Å². The molecule has 1 aromatic carbocycles. The first-order chi connectivity index (χ1) is 12.5. The van der Waals surface area contributed by atoms with Crippen molar-refractivity contribution in [2.45, 2.75) is 24.9 Å². The lowest BCUT2D eigenvalue weighted by Gasteiger charge is -2.14. The standard InChI is InChI=1S/C17H19N3O6/c1-25-11-4-2-10(3-5-11)16(23)18-14-6-7-20(17(24)19-14)15-8-12(22)13(9-21)26-15/h2-7,12-13,15,21-22H,8-9H2,1H3,(H,18,19,23,24)/t12-,13+,15+/m1/s1. The molecular weight excluding hydrogens is 342 g/mol. The molecule has 0 radical (unpaired) electrons. The van der Waals surface area contributed by atoms with E-state index in [-0.39, 0.29) is 18.8 Å². The summed E-state index contributed by atoms with van der Waals surface area (Å²) in [7, 11) is 1.53. The van der Waals surface area contributed by atoms with E-state index in [4.69, 9.17) is 14.6 Å². The van der Waals surface area contributed by atoms with Crippen LogP contribution >= 0.6 is 0 Å². The van der Waals surface area contributed by atoms with E-state index >= 15 is 0 Å². The molecule has 138 valence electrons. The van der Waals surface area contributed by atoms with Crippen molar-refractivity contribution in [2.75, 3.05) is 19.0 Å². The Morgan fingerprint density at radius 1 is 1.38 bits per heavy atom. The maximum Gasteiger partial charge on any atom is 0.351 e. The molecule has 9 nitrogen and oxygen atoms in total. The zero-order chi connectivity index (χ0) is 18.7. The predicted molar refractivity (Wildman–Crippen MR) is 91.1 cm³/mol. The molecule has 1 aliphatic rings. The molecule has 0 spiro atoms. The molecule has 1 saturated heterocycles. The zero-order valence-electron chi connectivity index (χ0n) is 14.0. The highest BCUT2D eigenvalue weighted by atomic mass is 16.5. The predicted octanol–water partition coefficient (Wildman–Crippen LogP) is 0.145. The first-order valence-electron chi connectivity index (χ1n) is 8.01. The van der Waals surface area contributed by atoms with E-state index in [1.165, 1.54) is 23.9 Å². The van der Waals surface area contributed by atoms with Gasteiger partial charge in [-0.05, 0) is 30.3 Å². The smallest absolute Gasteiger partial charge is 0.351 e. The third-order valence-corrected chi connectivity index (χ3v) is 4.12. The highest BCUT2D eigenvalue weighted by Gasteiger charge is 2.34. The number of amides is 1. The minimum Gasteiger partial charge on any atom is -0.497 e. The number of nitrogens with one attached hydrogen (secondary N) is 1. The largest absolute Gasteiger partial charge is 0.497 e. The van der Waals surface area contributed by atoms with Crippen molar-refractivity contribution in [1.29, 1.82) is 0 Å². The van der Waals surface area contributed by atoms with E-state index in [1.54, 1.807) is 24.3 Å². The van der Waals surface area contributed by atoms with Crippen LogP contribution in [0.4, 0.5) is 5.82 Å². The van der Waals surface area contributed by atoms with Crippen molar-refractivity contribution in [1.82, 2.24) is 9.55 Å². The lowest BCUT2D eigenvalue weighted by molar-refractivity contribution is -0.0458. The van der Waals surface area contributed by atoms with E-state index in [0.29, 0.717) is 11.3 Å². The fourth-order valence-electron chi connectivity index (χ4n) is 2.68. The van der Waals surface area contributed by atoms with E-state index in [1.807, 2.05) is 0 Å². The molecule has 0 saturated carbocycles. The fourth-order valence-corrected chi connectivity index (χ4v) is 2.68. The SMILES string of the molecule is COc1ccc(C(=O)Nc2ccn([C@@H]3C[C@@H](O)[C@H](CO)O3)c(=O)n2)cc1. The van der Waals surface area contributed by atoms with Crippen LogP contribution in [0.2, 0.25) is 0 Å². The minimum absolute atomic E-state index is 0.101. The number of nitrogens with zero attached hydrogens (tertiary/aromatic N) is 2. The van der Waals surface area contributed by atoms with Gasteiger partial charge in [0, 0.05) is 18.2 Å². The Kier molecular flexibility index (Phi) is 5.31. The minimum atomic E-state index is -0.855. The molecule has 3 atom stereocenters. The second kappa shape index (κ2) is 7.65. The zero-order valence-corrected chi connectivity index (χ0v) is 14.0. The molecule has 1 fully saturated rings. The second-order valence-corrected chi connectivity index (χ2v) is 5.80. The van der Waals surface area contributed by atoms with Crippen LogP contribution in [0, 0.1) is 0 Å². The molecule has 1 aliphatic heterocycles. The molecule has 0 unspecified atom stereocenters. The first kappa shape index (κ1) is 18.1. The molecule has 1 amide bonds. The molecule has 9 heteroatoms. The third kappa shape index (κ3) is 3.74. The average molecular weight is 361 g/mol. The van der Waals surface area contributed by atoms with Crippen molar-refractivity contribution >= 4 is 11.7 Å². The molecule has 1 aromatic heterocycles.